The van der Waals surface area contributed by atoms with Gasteiger partial charge in [0.05, 0.1) is 12.7 Å². The van der Waals surface area contributed by atoms with Gasteiger partial charge in [-0.15, -0.1) is 0 Å². The van der Waals surface area contributed by atoms with Crippen LogP contribution in [0.4, 0.5) is 0 Å². The highest BCUT2D eigenvalue weighted by Crippen LogP contribution is 1.94. The Balaban J connectivity index is 1.85. The highest BCUT2D eigenvalue weighted by Gasteiger charge is 2.01. The fraction of sp³-hybridized carbons (Fsp3) is 0.538. The maximum Gasteiger partial charge on any atom is 0.191 e. The maximum atomic E-state index is 4.49. The summed E-state index contributed by atoms with van der Waals surface area (Å²) in [6.45, 7) is 6.92. The third kappa shape index (κ3) is 4.59. The first kappa shape index (κ1) is 15.0. The van der Waals surface area contributed by atoms with Crippen molar-refractivity contribution in [2.75, 3.05) is 13.1 Å². The number of nitrogens with one attached hydrogen (secondary N) is 2. The molecule has 2 rings (SSSR count). The van der Waals surface area contributed by atoms with E-state index in [9.17, 15) is 0 Å². The number of rotatable bonds is 6. The molecule has 0 aliphatic rings. The van der Waals surface area contributed by atoms with Gasteiger partial charge in [0, 0.05) is 26.3 Å². The molecule has 0 saturated carbocycles. The number of guanidine groups is 1. The molecular formula is C13H22N8. The van der Waals surface area contributed by atoms with Crippen molar-refractivity contribution in [1.29, 1.82) is 0 Å². The highest BCUT2D eigenvalue weighted by atomic mass is 15.3. The molecule has 0 aliphatic carbocycles. The van der Waals surface area contributed by atoms with Crippen LogP contribution in [0.25, 0.3) is 0 Å². The van der Waals surface area contributed by atoms with Gasteiger partial charge in [0.2, 0.25) is 0 Å². The second-order valence-corrected chi connectivity index (χ2v) is 4.70. The van der Waals surface area contributed by atoms with Crippen LogP contribution in [0.15, 0.2) is 23.7 Å². The standard InChI is InChI=1S/C13H22N8/c1-4-14-13(16-8-12-17-10-19-20(12)3)15-5-6-21-9-11(2)7-18-21/h7,9-10H,4-6,8H2,1-3H3,(H2,14,15,16). The van der Waals surface area contributed by atoms with Crippen LogP contribution in [0.5, 0.6) is 0 Å². The number of nitrogens with zero attached hydrogens (tertiary/aromatic N) is 6. The molecule has 0 radical (unpaired) electrons. The molecule has 8 nitrogen and oxygen atoms in total. The summed E-state index contributed by atoms with van der Waals surface area (Å²) in [6.07, 6.45) is 5.41. The van der Waals surface area contributed by atoms with Gasteiger partial charge in [-0.2, -0.15) is 10.2 Å². The summed E-state index contributed by atoms with van der Waals surface area (Å²) in [7, 11) is 1.86. The van der Waals surface area contributed by atoms with Crippen molar-refractivity contribution in [2.45, 2.75) is 26.9 Å². The number of aromatic nitrogens is 5. The van der Waals surface area contributed by atoms with Crippen molar-refractivity contribution in [2.24, 2.45) is 12.0 Å². The molecule has 114 valence electrons. The van der Waals surface area contributed by atoms with Crippen LogP contribution >= 0.6 is 0 Å². The Kier molecular flexibility index (Phi) is 5.30. The molecule has 2 heterocycles. The predicted octanol–water partition coefficient (Wildman–Crippen LogP) is 0.0753. The molecule has 0 aliphatic heterocycles. The Labute approximate surface area is 124 Å². The Hall–Kier alpha value is -2.38. The minimum absolute atomic E-state index is 0.493. The summed E-state index contributed by atoms with van der Waals surface area (Å²) in [6, 6.07) is 0. The number of aryl methyl sites for hydroxylation is 2. The van der Waals surface area contributed by atoms with E-state index in [-0.39, 0.29) is 0 Å². The molecule has 0 aromatic carbocycles. The third-order valence-electron chi connectivity index (χ3n) is 2.92. The number of aliphatic imine (C=N–C) groups is 1. The minimum Gasteiger partial charge on any atom is -0.357 e. The third-order valence-corrected chi connectivity index (χ3v) is 2.92. The molecule has 0 fully saturated rings. The van der Waals surface area contributed by atoms with Gasteiger partial charge in [-0.1, -0.05) is 0 Å². The van der Waals surface area contributed by atoms with Gasteiger partial charge in [-0.3, -0.25) is 9.36 Å². The molecule has 2 aromatic heterocycles. The van der Waals surface area contributed by atoms with Gasteiger partial charge in [0.25, 0.3) is 0 Å². The van der Waals surface area contributed by atoms with Crippen LogP contribution in [-0.4, -0.2) is 43.6 Å². The predicted molar refractivity (Wildman–Crippen MR) is 80.8 cm³/mol. The van der Waals surface area contributed by atoms with Crippen LogP contribution in [0, 0.1) is 6.92 Å². The molecule has 2 aromatic rings. The van der Waals surface area contributed by atoms with Crippen molar-refractivity contribution in [1.82, 2.24) is 35.2 Å². The van der Waals surface area contributed by atoms with Gasteiger partial charge in [0.1, 0.15) is 18.7 Å². The summed E-state index contributed by atoms with van der Waals surface area (Å²) in [5.41, 5.74) is 1.16. The van der Waals surface area contributed by atoms with Gasteiger partial charge < -0.3 is 10.6 Å². The fourth-order valence-electron chi connectivity index (χ4n) is 1.83. The second kappa shape index (κ2) is 7.41. The zero-order valence-electron chi connectivity index (χ0n) is 12.7. The average Bonchev–Trinajstić information content (AvgIpc) is 3.05. The van der Waals surface area contributed by atoms with Crippen molar-refractivity contribution < 1.29 is 0 Å². The van der Waals surface area contributed by atoms with E-state index in [1.165, 1.54) is 6.33 Å². The van der Waals surface area contributed by atoms with E-state index in [0.717, 1.165) is 37.0 Å². The summed E-state index contributed by atoms with van der Waals surface area (Å²) < 4.78 is 3.63. The Bertz CT molecular complexity index is 583. The van der Waals surface area contributed by atoms with Crippen LogP contribution < -0.4 is 10.6 Å². The van der Waals surface area contributed by atoms with Crippen LogP contribution in [0.3, 0.4) is 0 Å². The quantitative estimate of drug-likeness (QED) is 0.581. The Morgan fingerprint density at radius 1 is 1.33 bits per heavy atom. The van der Waals surface area contributed by atoms with E-state index < -0.39 is 0 Å². The molecule has 2 N–H and O–H groups in total. The highest BCUT2D eigenvalue weighted by molar-refractivity contribution is 5.79. The SMILES string of the molecule is CCNC(=NCc1ncnn1C)NCCn1cc(C)cn1. The number of hydrogen-bond acceptors (Lipinski definition) is 4. The molecule has 8 heteroatoms. The van der Waals surface area contributed by atoms with E-state index >= 15 is 0 Å². The van der Waals surface area contributed by atoms with Crippen LogP contribution in [0.2, 0.25) is 0 Å². The average molecular weight is 290 g/mol. The molecule has 0 saturated heterocycles. The molecule has 0 unspecified atom stereocenters. The molecule has 0 bridgehead atoms. The van der Waals surface area contributed by atoms with Gasteiger partial charge in [-0.25, -0.2) is 9.98 Å². The van der Waals surface area contributed by atoms with Gasteiger partial charge >= 0.3 is 0 Å². The first-order valence-corrected chi connectivity index (χ1v) is 7.03. The minimum atomic E-state index is 0.493. The fourth-order valence-corrected chi connectivity index (χ4v) is 1.83. The van der Waals surface area contributed by atoms with E-state index in [2.05, 4.69) is 30.8 Å². The maximum absolute atomic E-state index is 4.49. The van der Waals surface area contributed by atoms with Crippen molar-refractivity contribution in [3.8, 4) is 0 Å². The summed E-state index contributed by atoms with van der Waals surface area (Å²) in [4.78, 5) is 8.65. The van der Waals surface area contributed by atoms with E-state index in [0.29, 0.717) is 6.54 Å². The van der Waals surface area contributed by atoms with Crippen molar-refractivity contribution in [3.05, 3.63) is 30.1 Å². The molecule has 0 spiro atoms. The monoisotopic (exact) mass is 290 g/mol. The number of hydrogen-bond donors (Lipinski definition) is 2. The van der Waals surface area contributed by atoms with Crippen molar-refractivity contribution >= 4 is 5.96 Å². The second-order valence-electron chi connectivity index (χ2n) is 4.70. The lowest BCUT2D eigenvalue weighted by Crippen LogP contribution is -2.39. The zero-order chi connectivity index (χ0) is 15.1. The van der Waals surface area contributed by atoms with Gasteiger partial charge in [-0.05, 0) is 19.4 Å². The Morgan fingerprint density at radius 3 is 2.81 bits per heavy atom. The zero-order valence-corrected chi connectivity index (χ0v) is 12.7. The first-order chi connectivity index (χ1) is 10.2. The molecule has 0 amide bonds. The summed E-state index contributed by atoms with van der Waals surface area (Å²) in [5, 5.41) is 14.8. The van der Waals surface area contributed by atoms with Gasteiger partial charge in [0.15, 0.2) is 5.96 Å². The lowest BCUT2D eigenvalue weighted by Gasteiger charge is -2.11. The normalized spacial score (nSPS) is 11.7. The van der Waals surface area contributed by atoms with Crippen LogP contribution in [0.1, 0.15) is 18.3 Å². The summed E-state index contributed by atoms with van der Waals surface area (Å²) >= 11 is 0. The van der Waals surface area contributed by atoms with Crippen molar-refractivity contribution in [3.63, 3.8) is 0 Å². The first-order valence-electron chi connectivity index (χ1n) is 7.03. The van der Waals surface area contributed by atoms with Crippen LogP contribution in [-0.2, 0) is 20.1 Å². The summed E-state index contributed by atoms with van der Waals surface area (Å²) in [5.74, 6) is 1.60. The largest absolute Gasteiger partial charge is 0.357 e. The topological polar surface area (TPSA) is 85.0 Å². The molecule has 21 heavy (non-hydrogen) atoms. The van der Waals surface area contributed by atoms with E-state index in [1.807, 2.05) is 38.0 Å². The molecule has 0 atom stereocenters. The Morgan fingerprint density at radius 2 is 2.19 bits per heavy atom. The van der Waals surface area contributed by atoms with E-state index in [1.54, 1.807) is 4.68 Å². The molecular weight excluding hydrogens is 268 g/mol. The lowest BCUT2D eigenvalue weighted by atomic mass is 10.4. The lowest BCUT2D eigenvalue weighted by molar-refractivity contribution is 0.597. The smallest absolute Gasteiger partial charge is 0.191 e. The van der Waals surface area contributed by atoms with E-state index in [4.69, 9.17) is 0 Å².